The Hall–Kier alpha value is -0.260. The predicted octanol–water partition coefficient (Wildman–Crippen LogP) is 7.29. The fourth-order valence-electron chi connectivity index (χ4n) is 2.37. The molecular formula is C19H38. The minimum Gasteiger partial charge on any atom is -0.0885 e. The van der Waals surface area contributed by atoms with Crippen LogP contribution in [-0.2, 0) is 0 Å². The summed E-state index contributed by atoms with van der Waals surface area (Å²) >= 11 is 0. The third kappa shape index (κ3) is 17.7. The van der Waals surface area contributed by atoms with E-state index in [2.05, 4.69) is 39.8 Å². The predicted molar refractivity (Wildman–Crippen MR) is 89.7 cm³/mol. The lowest BCUT2D eigenvalue weighted by atomic mass is 9.89. The smallest absolute Gasteiger partial charge is 0.0351 e. The van der Waals surface area contributed by atoms with Gasteiger partial charge in [0.05, 0.1) is 0 Å². The van der Waals surface area contributed by atoms with Gasteiger partial charge < -0.3 is 0 Å². The van der Waals surface area contributed by atoms with Gasteiger partial charge in [-0.15, -0.1) is 0 Å². The molecule has 0 N–H and O–H groups in total. The first-order valence-electron chi connectivity index (χ1n) is 8.71. The summed E-state index contributed by atoms with van der Waals surface area (Å²) < 4.78 is 0. The standard InChI is InChI=1S/C19H38/c1-5-6-7-8-9-10-11-12-13-14-15-16-17-18-19(2,3)4/h13-14H,5-12,15-18H2,1-4H3/b14-13-. The average Bonchev–Trinajstić information content (AvgIpc) is 2.34. The van der Waals surface area contributed by atoms with Crippen molar-refractivity contribution in [1.29, 1.82) is 0 Å². The summed E-state index contributed by atoms with van der Waals surface area (Å²) in [6.45, 7) is 9.29. The highest BCUT2D eigenvalue weighted by Gasteiger charge is 2.08. The molecule has 0 saturated heterocycles. The summed E-state index contributed by atoms with van der Waals surface area (Å²) in [5.74, 6) is 0. The third-order valence-electron chi connectivity index (χ3n) is 3.69. The summed E-state index contributed by atoms with van der Waals surface area (Å²) in [4.78, 5) is 0. The van der Waals surface area contributed by atoms with Crippen LogP contribution in [-0.4, -0.2) is 0 Å². The van der Waals surface area contributed by atoms with Gasteiger partial charge in [-0.1, -0.05) is 84.8 Å². The van der Waals surface area contributed by atoms with Gasteiger partial charge in [0, 0.05) is 0 Å². The molecule has 0 atom stereocenters. The van der Waals surface area contributed by atoms with E-state index in [9.17, 15) is 0 Å². The molecule has 0 unspecified atom stereocenters. The summed E-state index contributed by atoms with van der Waals surface area (Å²) in [6, 6.07) is 0. The molecule has 0 heterocycles. The van der Waals surface area contributed by atoms with Crippen molar-refractivity contribution in [2.75, 3.05) is 0 Å². The molecular weight excluding hydrogens is 228 g/mol. The highest BCUT2D eigenvalue weighted by atomic mass is 14.1. The zero-order chi connectivity index (χ0) is 14.4. The zero-order valence-electron chi connectivity index (χ0n) is 14.1. The molecule has 0 radical (unpaired) electrons. The van der Waals surface area contributed by atoms with E-state index < -0.39 is 0 Å². The maximum absolute atomic E-state index is 2.41. The van der Waals surface area contributed by atoms with Gasteiger partial charge >= 0.3 is 0 Å². The van der Waals surface area contributed by atoms with E-state index in [1.807, 2.05) is 0 Å². The second kappa shape index (κ2) is 12.8. The van der Waals surface area contributed by atoms with Crippen LogP contribution >= 0.6 is 0 Å². The van der Waals surface area contributed by atoms with E-state index in [0.717, 1.165) is 0 Å². The first-order chi connectivity index (χ1) is 9.06. The lowest BCUT2D eigenvalue weighted by Gasteiger charge is -2.17. The average molecular weight is 267 g/mol. The van der Waals surface area contributed by atoms with Gasteiger partial charge in [-0.25, -0.2) is 0 Å². The fourth-order valence-corrected chi connectivity index (χ4v) is 2.37. The highest BCUT2D eigenvalue weighted by molar-refractivity contribution is 4.81. The van der Waals surface area contributed by atoms with Gasteiger partial charge in [0.1, 0.15) is 0 Å². The van der Waals surface area contributed by atoms with E-state index in [1.165, 1.54) is 77.0 Å². The molecule has 0 amide bonds. The molecule has 0 spiro atoms. The van der Waals surface area contributed by atoms with Gasteiger partial charge in [0.2, 0.25) is 0 Å². The molecule has 0 aromatic rings. The van der Waals surface area contributed by atoms with Crippen LogP contribution in [0, 0.1) is 5.41 Å². The number of rotatable bonds is 12. The van der Waals surface area contributed by atoms with E-state index in [4.69, 9.17) is 0 Å². The Morgan fingerprint density at radius 3 is 1.63 bits per heavy atom. The van der Waals surface area contributed by atoms with Crippen molar-refractivity contribution >= 4 is 0 Å². The second-order valence-electron chi connectivity index (χ2n) is 7.19. The molecule has 0 heteroatoms. The van der Waals surface area contributed by atoms with E-state index in [1.54, 1.807) is 0 Å². The minimum atomic E-state index is 0.515. The number of hydrogen-bond donors (Lipinski definition) is 0. The molecule has 0 aliphatic rings. The Kier molecular flexibility index (Phi) is 12.6. The molecule has 0 aromatic heterocycles. The normalized spacial score (nSPS) is 12.4. The summed E-state index contributed by atoms with van der Waals surface area (Å²) in [6.07, 6.45) is 21.4. The largest absolute Gasteiger partial charge is 0.0885 e. The minimum absolute atomic E-state index is 0.515. The van der Waals surface area contributed by atoms with Crippen LogP contribution in [0.5, 0.6) is 0 Å². The molecule has 0 bridgehead atoms. The van der Waals surface area contributed by atoms with E-state index >= 15 is 0 Å². The Morgan fingerprint density at radius 2 is 1.11 bits per heavy atom. The van der Waals surface area contributed by atoms with Crippen molar-refractivity contribution in [3.63, 3.8) is 0 Å². The molecule has 0 aromatic carbocycles. The van der Waals surface area contributed by atoms with Crippen LogP contribution in [0.15, 0.2) is 12.2 Å². The third-order valence-corrected chi connectivity index (χ3v) is 3.69. The van der Waals surface area contributed by atoms with Crippen molar-refractivity contribution < 1.29 is 0 Å². The summed E-state index contributed by atoms with van der Waals surface area (Å²) in [5, 5.41) is 0. The molecule has 19 heavy (non-hydrogen) atoms. The van der Waals surface area contributed by atoms with E-state index in [-0.39, 0.29) is 0 Å². The molecule has 0 aliphatic heterocycles. The maximum atomic E-state index is 2.41. The molecule has 0 nitrogen and oxygen atoms in total. The van der Waals surface area contributed by atoms with Crippen LogP contribution in [0.1, 0.15) is 105 Å². The first kappa shape index (κ1) is 18.7. The number of unbranched alkanes of at least 4 members (excludes halogenated alkanes) is 9. The fraction of sp³-hybridized carbons (Fsp3) is 0.895. The Balaban J connectivity index is 3.13. The van der Waals surface area contributed by atoms with Gasteiger partial charge in [0.25, 0.3) is 0 Å². The Morgan fingerprint density at radius 1 is 0.632 bits per heavy atom. The lowest BCUT2D eigenvalue weighted by Crippen LogP contribution is -2.03. The summed E-state index contributed by atoms with van der Waals surface area (Å²) in [7, 11) is 0. The maximum Gasteiger partial charge on any atom is -0.0351 e. The van der Waals surface area contributed by atoms with Crippen molar-refractivity contribution in [3.05, 3.63) is 12.2 Å². The van der Waals surface area contributed by atoms with Crippen molar-refractivity contribution in [2.24, 2.45) is 5.41 Å². The SMILES string of the molecule is CCCCCCCCC/C=C\CCCCC(C)(C)C. The Bertz CT molecular complexity index is 195. The van der Waals surface area contributed by atoms with Crippen molar-refractivity contribution in [1.82, 2.24) is 0 Å². The van der Waals surface area contributed by atoms with Crippen LogP contribution in [0.25, 0.3) is 0 Å². The molecule has 0 rings (SSSR count). The van der Waals surface area contributed by atoms with Gasteiger partial charge in [0.15, 0.2) is 0 Å². The second-order valence-corrected chi connectivity index (χ2v) is 7.19. The van der Waals surface area contributed by atoms with Crippen molar-refractivity contribution in [3.8, 4) is 0 Å². The van der Waals surface area contributed by atoms with Crippen molar-refractivity contribution in [2.45, 2.75) is 105 Å². The quantitative estimate of drug-likeness (QED) is 0.257. The van der Waals surface area contributed by atoms with Gasteiger partial charge in [-0.2, -0.15) is 0 Å². The molecule has 0 fully saturated rings. The summed E-state index contributed by atoms with van der Waals surface area (Å²) in [5.41, 5.74) is 0.515. The molecule has 114 valence electrons. The monoisotopic (exact) mass is 266 g/mol. The lowest BCUT2D eigenvalue weighted by molar-refractivity contribution is 0.361. The topological polar surface area (TPSA) is 0 Å². The first-order valence-corrected chi connectivity index (χ1v) is 8.71. The van der Waals surface area contributed by atoms with Crippen LogP contribution in [0.2, 0.25) is 0 Å². The van der Waals surface area contributed by atoms with Crippen LogP contribution in [0.3, 0.4) is 0 Å². The number of allylic oxidation sites excluding steroid dienone is 2. The van der Waals surface area contributed by atoms with Crippen LogP contribution in [0.4, 0.5) is 0 Å². The Labute approximate surface area is 123 Å². The number of hydrogen-bond acceptors (Lipinski definition) is 0. The van der Waals surface area contributed by atoms with Gasteiger partial charge in [-0.05, 0) is 37.5 Å². The van der Waals surface area contributed by atoms with Crippen LogP contribution < -0.4 is 0 Å². The molecule has 0 saturated carbocycles. The highest BCUT2D eigenvalue weighted by Crippen LogP contribution is 2.22. The molecule has 0 aliphatic carbocycles. The van der Waals surface area contributed by atoms with Gasteiger partial charge in [-0.3, -0.25) is 0 Å². The zero-order valence-corrected chi connectivity index (χ0v) is 14.1. The van der Waals surface area contributed by atoms with E-state index in [0.29, 0.717) is 5.41 Å².